The van der Waals surface area contributed by atoms with Gasteiger partial charge in [-0.1, -0.05) is 17.4 Å². The first-order chi connectivity index (χ1) is 11.9. The second-order valence-electron chi connectivity index (χ2n) is 5.59. The van der Waals surface area contributed by atoms with Gasteiger partial charge in [0, 0.05) is 12.8 Å². The fourth-order valence-electron chi connectivity index (χ4n) is 3.00. The van der Waals surface area contributed by atoms with Gasteiger partial charge >= 0.3 is 10.8 Å². The average Bonchev–Trinajstić information content (AvgIpc) is 2.87. The molecule has 0 radical (unpaired) electrons. The van der Waals surface area contributed by atoms with E-state index >= 15 is 0 Å². The van der Waals surface area contributed by atoms with E-state index in [0.717, 1.165) is 22.5 Å². The number of anilines is 1. The smallest absolute Gasteiger partial charge is 0.323 e. The fourth-order valence-corrected chi connectivity index (χ4v) is 3.75. The number of nitrogens with one attached hydrogen (secondary N) is 1. The van der Waals surface area contributed by atoms with E-state index in [0.29, 0.717) is 29.2 Å². The minimum absolute atomic E-state index is 0.172. The summed E-state index contributed by atoms with van der Waals surface area (Å²) >= 11 is 0.915. The van der Waals surface area contributed by atoms with Gasteiger partial charge < -0.3 is 14.9 Å². The molecule has 0 aliphatic carbocycles. The summed E-state index contributed by atoms with van der Waals surface area (Å²) in [6, 6.07) is 3.46. The van der Waals surface area contributed by atoms with E-state index in [-0.39, 0.29) is 23.1 Å². The van der Waals surface area contributed by atoms with Gasteiger partial charge in [-0.3, -0.25) is 24.3 Å². The number of rotatable bonds is 5. The maximum Gasteiger partial charge on any atom is 0.323 e. The van der Waals surface area contributed by atoms with Crippen LogP contribution < -0.4 is 14.5 Å². The van der Waals surface area contributed by atoms with Gasteiger partial charge in [-0.15, -0.1) is 0 Å². The topological polar surface area (TPSA) is 120 Å². The van der Waals surface area contributed by atoms with Crippen molar-refractivity contribution in [1.82, 2.24) is 4.98 Å². The molecule has 1 aliphatic rings. The first-order valence-corrected chi connectivity index (χ1v) is 8.34. The molecule has 0 bridgehead atoms. The minimum atomic E-state index is -1.12. The van der Waals surface area contributed by atoms with Crippen LogP contribution in [-0.4, -0.2) is 40.7 Å². The van der Waals surface area contributed by atoms with E-state index in [1.165, 1.54) is 12.0 Å². The highest BCUT2D eigenvalue weighted by atomic mass is 32.1. The Balaban J connectivity index is 2.09. The van der Waals surface area contributed by atoms with E-state index in [2.05, 4.69) is 4.98 Å². The number of aromatic hydroxyl groups is 1. The predicted molar refractivity (Wildman–Crippen MR) is 90.7 cm³/mol. The van der Waals surface area contributed by atoms with Gasteiger partial charge in [0.1, 0.15) is 12.3 Å². The van der Waals surface area contributed by atoms with Gasteiger partial charge in [-0.25, -0.2) is 0 Å². The molecule has 1 amide bonds. The van der Waals surface area contributed by atoms with Crippen molar-refractivity contribution in [3.63, 3.8) is 0 Å². The van der Waals surface area contributed by atoms with E-state index < -0.39 is 12.5 Å². The monoisotopic (exact) mass is 364 g/mol. The highest BCUT2D eigenvalue weighted by molar-refractivity contribution is 7.09. The maximum absolute atomic E-state index is 12.2. The van der Waals surface area contributed by atoms with E-state index in [9.17, 15) is 19.5 Å². The van der Waals surface area contributed by atoms with Crippen LogP contribution in [0.2, 0.25) is 0 Å². The lowest BCUT2D eigenvalue weighted by molar-refractivity contribution is -0.136. The number of aromatic amines is 1. The summed E-state index contributed by atoms with van der Waals surface area (Å²) in [5.41, 5.74) is 2.05. The molecule has 132 valence electrons. The molecule has 8 nitrogen and oxygen atoms in total. The Morgan fingerprint density at radius 1 is 1.36 bits per heavy atom. The van der Waals surface area contributed by atoms with Gasteiger partial charge in [-0.05, 0) is 23.6 Å². The zero-order chi connectivity index (χ0) is 18.1. The Morgan fingerprint density at radius 3 is 2.72 bits per heavy atom. The molecule has 0 atom stereocenters. The highest BCUT2D eigenvalue weighted by Gasteiger charge is 2.31. The van der Waals surface area contributed by atoms with Gasteiger partial charge in [0.25, 0.3) is 0 Å². The summed E-state index contributed by atoms with van der Waals surface area (Å²) < 4.78 is 5.32. The molecule has 25 heavy (non-hydrogen) atoms. The molecule has 0 unspecified atom stereocenters. The molecule has 1 aliphatic heterocycles. The van der Waals surface area contributed by atoms with Crippen molar-refractivity contribution in [3.05, 3.63) is 37.8 Å². The summed E-state index contributed by atoms with van der Waals surface area (Å²) in [4.78, 5) is 38.4. The second kappa shape index (κ2) is 6.60. The number of ether oxygens (including phenoxy) is 1. The third-order valence-corrected chi connectivity index (χ3v) is 4.94. The lowest BCUT2D eigenvalue weighted by atomic mass is 9.93. The zero-order valence-corrected chi connectivity index (χ0v) is 14.2. The molecule has 1 aromatic carbocycles. The van der Waals surface area contributed by atoms with Crippen molar-refractivity contribution in [2.75, 3.05) is 18.6 Å². The van der Waals surface area contributed by atoms with Crippen LogP contribution in [0.1, 0.15) is 22.4 Å². The number of hydrogen-bond donors (Lipinski definition) is 3. The van der Waals surface area contributed by atoms with Crippen LogP contribution in [0, 0.1) is 0 Å². The lowest BCUT2D eigenvalue weighted by Crippen LogP contribution is -2.39. The Bertz CT molecular complexity index is 901. The largest absolute Gasteiger partial charge is 0.495 e. The van der Waals surface area contributed by atoms with Crippen LogP contribution in [0.5, 0.6) is 11.6 Å². The highest BCUT2D eigenvalue weighted by Crippen LogP contribution is 2.40. The molecule has 3 rings (SSSR count). The second-order valence-corrected chi connectivity index (χ2v) is 6.66. The summed E-state index contributed by atoms with van der Waals surface area (Å²) in [5, 5.41) is 18.9. The van der Waals surface area contributed by atoms with Crippen LogP contribution >= 0.6 is 11.3 Å². The third kappa shape index (κ3) is 3.22. The number of carboxylic acid groups (broad SMARTS) is 1. The Kier molecular flexibility index (Phi) is 4.49. The number of nitrogens with zero attached hydrogens (tertiary/aromatic N) is 1. The number of thiazole rings is 1. The first kappa shape index (κ1) is 17.0. The number of carbonyl (C=O) groups excluding carboxylic acids is 1. The van der Waals surface area contributed by atoms with E-state index in [1.54, 1.807) is 12.1 Å². The Morgan fingerprint density at radius 2 is 2.12 bits per heavy atom. The number of methoxy groups -OCH3 is 1. The van der Waals surface area contributed by atoms with Crippen molar-refractivity contribution in [3.8, 4) is 11.6 Å². The van der Waals surface area contributed by atoms with Gasteiger partial charge in [-0.2, -0.15) is 0 Å². The van der Waals surface area contributed by atoms with Crippen molar-refractivity contribution in [1.29, 1.82) is 0 Å². The lowest BCUT2D eigenvalue weighted by Gasteiger charge is -2.31. The van der Waals surface area contributed by atoms with Crippen LogP contribution in [0.4, 0.5) is 5.69 Å². The number of carboxylic acids is 1. The SMILES string of the molecule is COc1ccc(Cc2sc(=O)[nH]c2O)c2c1N(CC(=O)O)C(=O)CC2. The molecular formula is C16H16N2O6S. The number of aromatic nitrogens is 1. The van der Waals surface area contributed by atoms with Crippen LogP contribution in [0.15, 0.2) is 16.9 Å². The fraction of sp³-hybridized carbons (Fsp3) is 0.312. The molecule has 0 fully saturated rings. The molecule has 0 saturated carbocycles. The standard InChI is InChI=1S/C16H16N2O6S/c1-24-10-4-2-8(6-11-15(22)17-16(23)25-11)9-3-5-12(19)18(14(9)10)7-13(20)21/h2,4,22H,3,5-7H2,1H3,(H,17,23)(H,20,21). The normalized spacial score (nSPS) is 13.6. The number of hydrogen-bond acceptors (Lipinski definition) is 6. The summed E-state index contributed by atoms with van der Waals surface area (Å²) in [6.07, 6.45) is 0.934. The first-order valence-electron chi connectivity index (χ1n) is 7.52. The number of fused-ring (bicyclic) bond motifs is 1. The molecule has 1 aromatic heterocycles. The van der Waals surface area contributed by atoms with Crippen molar-refractivity contribution in [2.45, 2.75) is 19.3 Å². The summed E-state index contributed by atoms with van der Waals surface area (Å²) in [7, 11) is 1.46. The van der Waals surface area contributed by atoms with Gasteiger partial charge in [0.2, 0.25) is 11.8 Å². The number of H-pyrrole nitrogens is 1. The number of aliphatic carboxylic acids is 1. The van der Waals surface area contributed by atoms with Crippen LogP contribution in [0.25, 0.3) is 0 Å². The molecular weight excluding hydrogens is 348 g/mol. The molecule has 0 spiro atoms. The Labute approximate surface area is 146 Å². The average molecular weight is 364 g/mol. The van der Waals surface area contributed by atoms with Crippen molar-refractivity contribution in [2.24, 2.45) is 0 Å². The Hall–Kier alpha value is -2.81. The van der Waals surface area contributed by atoms with Crippen LogP contribution in [-0.2, 0) is 22.4 Å². The minimum Gasteiger partial charge on any atom is -0.495 e. The molecule has 0 saturated heterocycles. The predicted octanol–water partition coefficient (Wildman–Crippen LogP) is 1.11. The molecule has 3 N–H and O–H groups in total. The maximum atomic E-state index is 12.2. The quantitative estimate of drug-likeness (QED) is 0.731. The van der Waals surface area contributed by atoms with Crippen LogP contribution in [0.3, 0.4) is 0 Å². The van der Waals surface area contributed by atoms with Crippen molar-refractivity contribution >= 4 is 28.9 Å². The number of carbonyl (C=O) groups is 2. The zero-order valence-electron chi connectivity index (χ0n) is 13.4. The molecule has 2 heterocycles. The summed E-state index contributed by atoms with van der Waals surface area (Å²) in [6.45, 7) is -0.450. The number of amides is 1. The van der Waals surface area contributed by atoms with Crippen molar-refractivity contribution < 1.29 is 24.5 Å². The summed E-state index contributed by atoms with van der Waals surface area (Å²) in [5.74, 6) is -1.15. The molecule has 9 heteroatoms. The third-order valence-electron chi connectivity index (χ3n) is 4.07. The number of benzene rings is 1. The van der Waals surface area contributed by atoms with Gasteiger partial charge in [0.15, 0.2) is 0 Å². The van der Waals surface area contributed by atoms with E-state index in [4.69, 9.17) is 9.84 Å². The van der Waals surface area contributed by atoms with Gasteiger partial charge in [0.05, 0.1) is 17.7 Å². The van der Waals surface area contributed by atoms with E-state index in [1.807, 2.05) is 0 Å². The molecule has 2 aromatic rings.